The van der Waals surface area contributed by atoms with E-state index in [-0.39, 0.29) is 5.78 Å². The van der Waals surface area contributed by atoms with Crippen LogP contribution in [0.15, 0.2) is 45.3 Å². The molecule has 0 unspecified atom stereocenters. The smallest absolute Gasteiger partial charge is 0.163 e. The van der Waals surface area contributed by atoms with Gasteiger partial charge in [-0.15, -0.1) is 0 Å². The lowest BCUT2D eigenvalue weighted by molar-refractivity contribution is 0.101. The largest absolute Gasteiger partial charge is 0.455 e. The van der Waals surface area contributed by atoms with E-state index in [0.29, 0.717) is 22.1 Å². The highest BCUT2D eigenvalue weighted by Gasteiger charge is 2.12. The molecule has 2 rings (SSSR count). The predicted octanol–water partition coefficient (Wildman–Crippen LogP) is 5.86. The van der Waals surface area contributed by atoms with Crippen molar-refractivity contribution in [1.82, 2.24) is 0 Å². The van der Waals surface area contributed by atoms with Crippen LogP contribution in [0.2, 0.25) is 5.02 Å². The minimum Gasteiger partial charge on any atom is -0.455 e. The maximum absolute atomic E-state index is 11.6. The molecule has 0 N–H and O–H groups in total. The number of ether oxygens (including phenoxy) is 1. The summed E-state index contributed by atoms with van der Waals surface area (Å²) in [5.41, 5.74) is 0.505. The van der Waals surface area contributed by atoms with Gasteiger partial charge in [-0.25, -0.2) is 0 Å². The Balaban J connectivity index is 2.43. The molecule has 0 spiro atoms. The highest BCUT2D eigenvalue weighted by atomic mass is 79.9. The minimum absolute atomic E-state index is 0.0672. The van der Waals surface area contributed by atoms with Gasteiger partial charge in [-0.3, -0.25) is 4.79 Å². The van der Waals surface area contributed by atoms with Crippen molar-refractivity contribution in [3.8, 4) is 11.5 Å². The molecule has 0 atom stereocenters. The Morgan fingerprint density at radius 1 is 1.05 bits per heavy atom. The molecule has 2 aromatic rings. The first-order valence-corrected chi connectivity index (χ1v) is 7.37. The number of benzene rings is 2. The minimum atomic E-state index is -0.0672. The Morgan fingerprint density at radius 3 is 2.37 bits per heavy atom. The maximum atomic E-state index is 11.6. The molecule has 2 nitrogen and oxygen atoms in total. The van der Waals surface area contributed by atoms with Crippen LogP contribution in [0.1, 0.15) is 17.3 Å². The topological polar surface area (TPSA) is 26.3 Å². The van der Waals surface area contributed by atoms with Gasteiger partial charge in [0, 0.05) is 8.95 Å². The summed E-state index contributed by atoms with van der Waals surface area (Å²) in [5, 5.41) is 0.487. The zero-order valence-corrected chi connectivity index (χ0v) is 13.8. The zero-order chi connectivity index (χ0) is 14.0. The molecule has 0 aliphatic heterocycles. The molecule has 2 aromatic carbocycles. The van der Waals surface area contributed by atoms with E-state index in [1.54, 1.807) is 24.3 Å². The lowest BCUT2D eigenvalue weighted by Gasteiger charge is -2.11. The fourth-order valence-electron chi connectivity index (χ4n) is 1.54. The highest BCUT2D eigenvalue weighted by Crippen LogP contribution is 2.34. The second-order valence-electron chi connectivity index (χ2n) is 3.87. The Hall–Kier alpha value is -0.840. The van der Waals surface area contributed by atoms with Gasteiger partial charge in [-0.05, 0) is 43.3 Å². The first kappa shape index (κ1) is 14.6. The first-order valence-electron chi connectivity index (χ1n) is 5.41. The SMILES string of the molecule is CC(=O)c1cc(Br)ccc1Oc1cc(Br)ccc1Cl. The van der Waals surface area contributed by atoms with E-state index in [9.17, 15) is 4.79 Å². The van der Waals surface area contributed by atoms with Gasteiger partial charge < -0.3 is 4.74 Å². The van der Waals surface area contributed by atoms with E-state index in [2.05, 4.69) is 31.9 Å². The monoisotopic (exact) mass is 402 g/mol. The van der Waals surface area contributed by atoms with E-state index in [1.165, 1.54) is 6.92 Å². The van der Waals surface area contributed by atoms with E-state index in [4.69, 9.17) is 16.3 Å². The Kier molecular flexibility index (Phi) is 4.66. The van der Waals surface area contributed by atoms with E-state index >= 15 is 0 Å². The molecule has 0 aromatic heterocycles. The first-order chi connectivity index (χ1) is 8.97. The molecule has 0 saturated carbocycles. The molecular formula is C14H9Br2ClO2. The summed E-state index contributed by atoms with van der Waals surface area (Å²) >= 11 is 12.8. The fraction of sp³-hybridized carbons (Fsp3) is 0.0714. The third kappa shape index (κ3) is 3.59. The molecule has 0 radical (unpaired) electrons. The number of ketones is 1. The molecule has 0 bridgehead atoms. The average molecular weight is 404 g/mol. The van der Waals surface area contributed by atoms with Crippen LogP contribution in [-0.2, 0) is 0 Å². The predicted molar refractivity (Wildman–Crippen MR) is 83.4 cm³/mol. The Morgan fingerprint density at radius 2 is 1.68 bits per heavy atom. The lowest BCUT2D eigenvalue weighted by Crippen LogP contribution is -1.97. The number of halogens is 3. The standard InChI is InChI=1S/C14H9Br2ClO2/c1-8(18)11-6-9(15)3-5-13(11)19-14-7-10(16)2-4-12(14)17/h2-7H,1H3. The zero-order valence-electron chi connectivity index (χ0n) is 9.91. The fourth-order valence-corrected chi connectivity index (χ4v) is 2.40. The summed E-state index contributed by atoms with van der Waals surface area (Å²) in [6.45, 7) is 1.50. The van der Waals surface area contributed by atoms with Gasteiger partial charge in [0.15, 0.2) is 5.78 Å². The highest BCUT2D eigenvalue weighted by molar-refractivity contribution is 9.10. The molecule has 0 saturated heterocycles. The molecule has 0 heterocycles. The van der Waals surface area contributed by atoms with Crippen LogP contribution in [0.3, 0.4) is 0 Å². The van der Waals surface area contributed by atoms with Gasteiger partial charge in [-0.2, -0.15) is 0 Å². The summed E-state index contributed by atoms with van der Waals surface area (Å²) < 4.78 is 7.41. The van der Waals surface area contributed by atoms with E-state index < -0.39 is 0 Å². The number of Topliss-reactive ketones (excluding diaryl/α,β-unsaturated/α-hetero) is 1. The number of carbonyl (C=O) groups excluding carboxylic acids is 1. The van der Waals surface area contributed by atoms with E-state index in [1.807, 2.05) is 12.1 Å². The van der Waals surface area contributed by atoms with Gasteiger partial charge in [0.25, 0.3) is 0 Å². The van der Waals surface area contributed by atoms with Crippen molar-refractivity contribution in [2.45, 2.75) is 6.92 Å². The van der Waals surface area contributed by atoms with Crippen molar-refractivity contribution < 1.29 is 9.53 Å². The van der Waals surface area contributed by atoms with Crippen LogP contribution >= 0.6 is 43.5 Å². The van der Waals surface area contributed by atoms with Gasteiger partial charge in [0.05, 0.1) is 10.6 Å². The molecule has 0 aliphatic carbocycles. The van der Waals surface area contributed by atoms with Crippen molar-refractivity contribution in [1.29, 1.82) is 0 Å². The molecule has 5 heteroatoms. The molecule has 0 amide bonds. The second-order valence-corrected chi connectivity index (χ2v) is 6.11. The quantitative estimate of drug-likeness (QED) is 0.599. The number of carbonyl (C=O) groups is 1. The molecule has 0 fully saturated rings. The van der Waals surface area contributed by atoms with Crippen LogP contribution in [0.5, 0.6) is 11.5 Å². The van der Waals surface area contributed by atoms with Crippen molar-refractivity contribution in [2.75, 3.05) is 0 Å². The Bertz CT molecular complexity index is 641. The van der Waals surface area contributed by atoms with Gasteiger partial charge in [0.2, 0.25) is 0 Å². The number of hydrogen-bond donors (Lipinski definition) is 0. The van der Waals surface area contributed by atoms with E-state index in [0.717, 1.165) is 8.95 Å². The van der Waals surface area contributed by atoms with Crippen LogP contribution in [0.4, 0.5) is 0 Å². The summed E-state index contributed by atoms with van der Waals surface area (Å²) in [6.07, 6.45) is 0. The molecule has 98 valence electrons. The summed E-state index contributed by atoms with van der Waals surface area (Å²) in [7, 11) is 0. The van der Waals surface area contributed by atoms with Crippen LogP contribution in [0, 0.1) is 0 Å². The molecule has 19 heavy (non-hydrogen) atoms. The number of rotatable bonds is 3. The van der Waals surface area contributed by atoms with Crippen molar-refractivity contribution in [3.63, 3.8) is 0 Å². The third-order valence-corrected chi connectivity index (χ3v) is 3.73. The van der Waals surface area contributed by atoms with Gasteiger partial charge >= 0.3 is 0 Å². The number of hydrogen-bond acceptors (Lipinski definition) is 2. The second kappa shape index (κ2) is 6.07. The van der Waals surface area contributed by atoms with Crippen molar-refractivity contribution >= 4 is 49.2 Å². The summed E-state index contributed by atoms with van der Waals surface area (Å²) in [6, 6.07) is 10.6. The average Bonchev–Trinajstić information content (AvgIpc) is 2.35. The Labute approximate surface area is 133 Å². The summed E-state index contributed by atoms with van der Waals surface area (Å²) in [5.74, 6) is 0.916. The van der Waals surface area contributed by atoms with Crippen LogP contribution in [0.25, 0.3) is 0 Å². The van der Waals surface area contributed by atoms with Crippen molar-refractivity contribution in [2.24, 2.45) is 0 Å². The molecular weight excluding hydrogens is 395 g/mol. The normalized spacial score (nSPS) is 10.3. The van der Waals surface area contributed by atoms with Crippen molar-refractivity contribution in [3.05, 3.63) is 55.9 Å². The van der Waals surface area contributed by atoms with Gasteiger partial charge in [-0.1, -0.05) is 43.5 Å². The molecule has 0 aliphatic rings. The lowest BCUT2D eigenvalue weighted by atomic mass is 10.1. The third-order valence-electron chi connectivity index (χ3n) is 2.43. The maximum Gasteiger partial charge on any atom is 0.163 e. The van der Waals surface area contributed by atoms with Crippen LogP contribution in [-0.4, -0.2) is 5.78 Å². The summed E-state index contributed by atoms with van der Waals surface area (Å²) in [4.78, 5) is 11.6. The van der Waals surface area contributed by atoms with Crippen LogP contribution < -0.4 is 4.74 Å². The van der Waals surface area contributed by atoms with Gasteiger partial charge in [0.1, 0.15) is 11.5 Å².